The predicted octanol–water partition coefficient (Wildman–Crippen LogP) is 2.01. The summed E-state index contributed by atoms with van der Waals surface area (Å²) in [7, 11) is 2.20. The first-order valence-corrected chi connectivity index (χ1v) is 5.79. The molecule has 2 atom stereocenters. The first-order valence-electron chi connectivity index (χ1n) is 5.79. The molecule has 1 fully saturated rings. The van der Waals surface area contributed by atoms with E-state index in [2.05, 4.69) is 18.5 Å². The van der Waals surface area contributed by atoms with Gasteiger partial charge in [0.05, 0.1) is 0 Å². The molecule has 0 aromatic carbocycles. The van der Waals surface area contributed by atoms with Crippen LogP contribution >= 0.6 is 0 Å². The molecule has 0 aromatic rings. The molecular weight excluding hydrogens is 172 g/mol. The van der Waals surface area contributed by atoms with Crippen molar-refractivity contribution in [3.63, 3.8) is 0 Å². The molecule has 2 N–H and O–H groups in total. The van der Waals surface area contributed by atoms with E-state index in [0.29, 0.717) is 6.04 Å². The van der Waals surface area contributed by atoms with Gasteiger partial charge >= 0.3 is 0 Å². The number of rotatable bonds is 6. The second-order valence-electron chi connectivity index (χ2n) is 4.55. The summed E-state index contributed by atoms with van der Waals surface area (Å²) in [6.07, 6.45) is 8.22. The van der Waals surface area contributed by atoms with Gasteiger partial charge in [-0.25, -0.2) is 0 Å². The molecule has 0 saturated heterocycles. The van der Waals surface area contributed by atoms with Crippen LogP contribution in [0.3, 0.4) is 0 Å². The Labute approximate surface area is 88.2 Å². The van der Waals surface area contributed by atoms with E-state index in [9.17, 15) is 0 Å². The van der Waals surface area contributed by atoms with Gasteiger partial charge in [0.15, 0.2) is 0 Å². The highest BCUT2D eigenvalue weighted by molar-refractivity contribution is 4.82. The van der Waals surface area contributed by atoms with Crippen LogP contribution in [0.2, 0.25) is 0 Å². The maximum Gasteiger partial charge on any atom is 0.00793 e. The zero-order valence-corrected chi connectivity index (χ0v) is 9.41. The summed E-state index contributed by atoms with van der Waals surface area (Å²) < 4.78 is 0. The van der Waals surface area contributed by atoms with E-state index in [1.807, 2.05) is 6.08 Å². The summed E-state index contributed by atoms with van der Waals surface area (Å²) in [5.41, 5.74) is 6.04. The first-order chi connectivity index (χ1) is 6.74. The maximum atomic E-state index is 6.04. The Kier molecular flexibility index (Phi) is 5.20. The van der Waals surface area contributed by atoms with Crippen molar-refractivity contribution in [1.82, 2.24) is 4.90 Å². The smallest absolute Gasteiger partial charge is 0.00793 e. The second kappa shape index (κ2) is 6.20. The van der Waals surface area contributed by atoms with Crippen LogP contribution in [0, 0.1) is 5.92 Å². The van der Waals surface area contributed by atoms with Gasteiger partial charge in [-0.15, -0.1) is 6.58 Å². The Balaban J connectivity index is 2.12. The topological polar surface area (TPSA) is 29.3 Å². The van der Waals surface area contributed by atoms with Crippen molar-refractivity contribution in [3.05, 3.63) is 12.7 Å². The van der Waals surface area contributed by atoms with E-state index in [1.165, 1.54) is 38.8 Å². The molecular formula is C12H24N2. The summed E-state index contributed by atoms with van der Waals surface area (Å²) in [5, 5.41) is 0. The fourth-order valence-corrected chi connectivity index (χ4v) is 2.29. The number of hydrogen-bond acceptors (Lipinski definition) is 2. The van der Waals surface area contributed by atoms with Crippen molar-refractivity contribution >= 4 is 0 Å². The molecule has 82 valence electrons. The number of nitrogens with zero attached hydrogens (tertiary/aromatic N) is 1. The number of allylic oxidation sites excluding steroid dienone is 1. The summed E-state index contributed by atoms with van der Waals surface area (Å²) in [4.78, 5) is 2.42. The van der Waals surface area contributed by atoms with Gasteiger partial charge in [0.25, 0.3) is 0 Å². The Bertz CT molecular complexity index is 168. The van der Waals surface area contributed by atoms with Crippen LogP contribution in [0.1, 0.15) is 32.1 Å². The SMILES string of the molecule is C=CCCCN(C)CC1CCCC1N. The van der Waals surface area contributed by atoms with E-state index in [0.717, 1.165) is 12.3 Å². The van der Waals surface area contributed by atoms with Gasteiger partial charge in [-0.05, 0) is 45.2 Å². The third-order valence-corrected chi connectivity index (χ3v) is 3.21. The van der Waals surface area contributed by atoms with Gasteiger partial charge in [0.1, 0.15) is 0 Å². The number of nitrogens with two attached hydrogens (primary N) is 1. The Morgan fingerprint density at radius 2 is 2.29 bits per heavy atom. The maximum absolute atomic E-state index is 6.04. The van der Waals surface area contributed by atoms with Gasteiger partial charge < -0.3 is 10.6 Å². The van der Waals surface area contributed by atoms with E-state index in [4.69, 9.17) is 5.73 Å². The lowest BCUT2D eigenvalue weighted by Crippen LogP contribution is -2.34. The molecule has 0 aromatic heterocycles. The van der Waals surface area contributed by atoms with E-state index in [1.54, 1.807) is 0 Å². The molecule has 0 aliphatic heterocycles. The summed E-state index contributed by atoms with van der Waals surface area (Å²) >= 11 is 0. The molecule has 0 bridgehead atoms. The zero-order valence-electron chi connectivity index (χ0n) is 9.41. The lowest BCUT2D eigenvalue weighted by atomic mass is 10.0. The lowest BCUT2D eigenvalue weighted by Gasteiger charge is -2.23. The Morgan fingerprint density at radius 1 is 1.50 bits per heavy atom. The van der Waals surface area contributed by atoms with E-state index in [-0.39, 0.29) is 0 Å². The highest BCUT2D eigenvalue weighted by atomic mass is 15.1. The minimum absolute atomic E-state index is 0.455. The zero-order chi connectivity index (χ0) is 10.4. The van der Waals surface area contributed by atoms with Crippen molar-refractivity contribution in [3.8, 4) is 0 Å². The fourth-order valence-electron chi connectivity index (χ4n) is 2.29. The monoisotopic (exact) mass is 196 g/mol. The van der Waals surface area contributed by atoms with Crippen LogP contribution in [0.5, 0.6) is 0 Å². The van der Waals surface area contributed by atoms with Crippen molar-refractivity contribution in [2.24, 2.45) is 11.7 Å². The molecule has 2 heteroatoms. The molecule has 2 nitrogen and oxygen atoms in total. The van der Waals surface area contributed by atoms with Crippen LogP contribution in [0.4, 0.5) is 0 Å². The molecule has 1 saturated carbocycles. The van der Waals surface area contributed by atoms with Gasteiger partial charge in [-0.1, -0.05) is 12.5 Å². The Hall–Kier alpha value is -0.340. The van der Waals surface area contributed by atoms with E-state index >= 15 is 0 Å². The quantitative estimate of drug-likeness (QED) is 0.520. The van der Waals surface area contributed by atoms with Crippen molar-refractivity contribution in [2.45, 2.75) is 38.1 Å². The second-order valence-corrected chi connectivity index (χ2v) is 4.55. The average Bonchev–Trinajstić information content (AvgIpc) is 2.52. The molecule has 1 rings (SSSR count). The average molecular weight is 196 g/mol. The van der Waals surface area contributed by atoms with E-state index < -0.39 is 0 Å². The summed E-state index contributed by atoms with van der Waals surface area (Å²) in [5.74, 6) is 0.740. The number of unbranched alkanes of at least 4 members (excludes halogenated alkanes) is 1. The molecule has 1 aliphatic rings. The van der Waals surface area contributed by atoms with Crippen molar-refractivity contribution in [2.75, 3.05) is 20.1 Å². The third kappa shape index (κ3) is 3.81. The van der Waals surface area contributed by atoms with Crippen LogP contribution in [0.25, 0.3) is 0 Å². The fraction of sp³-hybridized carbons (Fsp3) is 0.833. The molecule has 0 radical (unpaired) electrons. The third-order valence-electron chi connectivity index (χ3n) is 3.21. The largest absolute Gasteiger partial charge is 0.327 e. The highest BCUT2D eigenvalue weighted by Gasteiger charge is 2.24. The summed E-state index contributed by atoms with van der Waals surface area (Å²) in [6, 6.07) is 0.455. The van der Waals surface area contributed by atoms with Crippen LogP contribution in [-0.2, 0) is 0 Å². The van der Waals surface area contributed by atoms with Gasteiger partial charge in [-0.2, -0.15) is 0 Å². The highest BCUT2D eigenvalue weighted by Crippen LogP contribution is 2.24. The summed E-state index contributed by atoms with van der Waals surface area (Å²) in [6.45, 7) is 6.09. The van der Waals surface area contributed by atoms with Gasteiger partial charge in [0.2, 0.25) is 0 Å². The normalized spacial score (nSPS) is 27.1. The number of hydrogen-bond donors (Lipinski definition) is 1. The van der Waals surface area contributed by atoms with Crippen LogP contribution in [-0.4, -0.2) is 31.1 Å². The first kappa shape index (κ1) is 11.7. The molecule has 0 heterocycles. The molecule has 0 spiro atoms. The minimum atomic E-state index is 0.455. The van der Waals surface area contributed by atoms with Crippen LogP contribution < -0.4 is 5.73 Å². The predicted molar refractivity (Wildman–Crippen MR) is 62.2 cm³/mol. The van der Waals surface area contributed by atoms with Crippen LogP contribution in [0.15, 0.2) is 12.7 Å². The van der Waals surface area contributed by atoms with Gasteiger partial charge in [0, 0.05) is 12.6 Å². The molecule has 0 amide bonds. The van der Waals surface area contributed by atoms with Crippen molar-refractivity contribution < 1.29 is 0 Å². The van der Waals surface area contributed by atoms with Gasteiger partial charge in [-0.3, -0.25) is 0 Å². The molecule has 2 unspecified atom stereocenters. The molecule has 1 aliphatic carbocycles. The standard InChI is InChI=1S/C12H24N2/c1-3-4-5-9-14(2)10-11-7-6-8-12(11)13/h3,11-12H,1,4-10,13H2,2H3. The minimum Gasteiger partial charge on any atom is -0.327 e. The lowest BCUT2D eigenvalue weighted by molar-refractivity contribution is 0.264. The van der Waals surface area contributed by atoms with Crippen molar-refractivity contribution in [1.29, 1.82) is 0 Å². The molecule has 14 heavy (non-hydrogen) atoms. The Morgan fingerprint density at radius 3 is 2.86 bits per heavy atom.